The molecule has 0 spiro atoms. The highest BCUT2D eigenvalue weighted by Crippen LogP contribution is 2.48. The first-order chi connectivity index (χ1) is 16.6. The van der Waals surface area contributed by atoms with E-state index in [2.05, 4.69) is 24.1 Å². The van der Waals surface area contributed by atoms with Crippen LogP contribution in [0.4, 0.5) is 0 Å². The van der Waals surface area contributed by atoms with Gasteiger partial charge >= 0.3 is 0 Å². The highest BCUT2D eigenvalue weighted by atomic mass is 16.5. The van der Waals surface area contributed by atoms with Crippen molar-refractivity contribution in [2.75, 3.05) is 34.0 Å². The second-order valence-electron chi connectivity index (χ2n) is 9.23. The average Bonchev–Trinajstić information content (AvgIpc) is 3.19. The molecule has 34 heavy (non-hydrogen) atoms. The minimum Gasteiger partial charge on any atom is -0.385 e. The van der Waals surface area contributed by atoms with E-state index in [-0.39, 0.29) is 11.7 Å². The molecule has 1 aromatic rings. The quantitative estimate of drug-likeness (QED) is 0.626. The lowest BCUT2D eigenvalue weighted by molar-refractivity contribution is -0.137. The van der Waals surface area contributed by atoms with Gasteiger partial charge in [-0.1, -0.05) is 33.3 Å². The third-order valence-corrected chi connectivity index (χ3v) is 7.32. The van der Waals surface area contributed by atoms with Crippen LogP contribution in [0.2, 0.25) is 0 Å². The molecule has 2 aliphatic carbocycles. The van der Waals surface area contributed by atoms with Crippen LogP contribution < -0.4 is 10.6 Å². The van der Waals surface area contributed by atoms with Gasteiger partial charge in [0.1, 0.15) is 0 Å². The predicted molar refractivity (Wildman–Crippen MR) is 136 cm³/mol. The number of amides is 1. The van der Waals surface area contributed by atoms with E-state index in [9.17, 15) is 9.59 Å². The van der Waals surface area contributed by atoms with Gasteiger partial charge in [0.05, 0.1) is 11.1 Å². The molecular weight excluding hydrogens is 428 g/mol. The maximum absolute atomic E-state index is 13.9. The van der Waals surface area contributed by atoms with E-state index in [0.717, 1.165) is 59.6 Å². The van der Waals surface area contributed by atoms with Crippen molar-refractivity contribution < 1.29 is 19.1 Å². The number of aromatic nitrogens is 1. The van der Waals surface area contributed by atoms with Gasteiger partial charge in [-0.05, 0) is 62.2 Å². The molecule has 4 rings (SSSR count). The van der Waals surface area contributed by atoms with E-state index in [1.165, 1.54) is 5.57 Å². The molecule has 6 nitrogen and oxygen atoms in total. The van der Waals surface area contributed by atoms with Gasteiger partial charge in [0.15, 0.2) is 5.78 Å². The van der Waals surface area contributed by atoms with Crippen molar-refractivity contribution in [1.29, 1.82) is 0 Å². The van der Waals surface area contributed by atoms with E-state index in [4.69, 9.17) is 9.47 Å². The van der Waals surface area contributed by atoms with E-state index in [0.29, 0.717) is 45.4 Å². The Hall–Kier alpha value is -2.18. The number of rotatable bonds is 8. The minimum atomic E-state index is -0.600. The maximum Gasteiger partial charge on any atom is 0.237 e. The van der Waals surface area contributed by atoms with Crippen LogP contribution in [-0.4, -0.2) is 55.6 Å². The van der Waals surface area contributed by atoms with Crippen LogP contribution in [-0.2, 0) is 20.7 Å². The molecule has 1 amide bonds. The number of carbonyl (C=O) groups is 2. The molecule has 0 saturated carbocycles. The highest BCUT2D eigenvalue weighted by molar-refractivity contribution is 5.97. The summed E-state index contributed by atoms with van der Waals surface area (Å²) < 4.78 is 10.8. The summed E-state index contributed by atoms with van der Waals surface area (Å²) in [5.41, 5.74) is 3.50. The monoisotopic (exact) mass is 470 g/mol. The number of fused-ring (bicyclic) bond motifs is 3. The zero-order chi connectivity index (χ0) is 24.7. The number of aromatic amines is 1. The molecule has 0 fully saturated rings. The number of methoxy groups -OCH3 is 2. The third-order valence-electron chi connectivity index (χ3n) is 7.32. The lowest BCUT2D eigenvalue weighted by Gasteiger charge is -2.31. The fourth-order valence-electron chi connectivity index (χ4n) is 5.64. The number of ketones is 1. The van der Waals surface area contributed by atoms with Gasteiger partial charge in [0.2, 0.25) is 5.91 Å². The molecule has 1 aromatic heterocycles. The SMILES string of the molecule is CC.CCCN1C(=O)C(CCOC)(CCOC)C2=C1C=c1c3c([nH]c1=CC2)C(=O)CCCCC3. The highest BCUT2D eigenvalue weighted by Gasteiger charge is 2.50. The number of carbonyl (C=O) groups excluding carboxylic acids is 2. The van der Waals surface area contributed by atoms with Crippen molar-refractivity contribution in [1.82, 2.24) is 9.88 Å². The molecule has 6 heteroatoms. The number of nitrogens with one attached hydrogen (secondary N) is 1. The smallest absolute Gasteiger partial charge is 0.237 e. The van der Waals surface area contributed by atoms with Gasteiger partial charge < -0.3 is 19.4 Å². The largest absolute Gasteiger partial charge is 0.385 e. The van der Waals surface area contributed by atoms with Crippen molar-refractivity contribution in [2.24, 2.45) is 5.41 Å². The number of hydrogen-bond acceptors (Lipinski definition) is 4. The Morgan fingerprint density at radius 2 is 1.71 bits per heavy atom. The summed E-state index contributed by atoms with van der Waals surface area (Å²) in [7, 11) is 3.38. The Balaban J connectivity index is 0.00000158. The first-order valence-corrected chi connectivity index (χ1v) is 13.1. The summed E-state index contributed by atoms with van der Waals surface area (Å²) in [5, 5.41) is 2.12. The van der Waals surface area contributed by atoms with E-state index in [1.807, 2.05) is 18.7 Å². The van der Waals surface area contributed by atoms with Crippen molar-refractivity contribution in [3.63, 3.8) is 0 Å². The van der Waals surface area contributed by atoms with Gasteiger partial charge in [0.25, 0.3) is 0 Å². The zero-order valence-electron chi connectivity index (χ0n) is 21.7. The zero-order valence-corrected chi connectivity index (χ0v) is 21.7. The molecule has 0 atom stereocenters. The normalized spacial score (nSPS) is 19.0. The first kappa shape index (κ1) is 26.4. The van der Waals surface area contributed by atoms with Crippen LogP contribution in [0.15, 0.2) is 11.3 Å². The lowest BCUT2D eigenvalue weighted by Crippen LogP contribution is -2.40. The van der Waals surface area contributed by atoms with Crippen LogP contribution in [0, 0.1) is 5.41 Å². The van der Waals surface area contributed by atoms with Gasteiger partial charge in [-0.2, -0.15) is 0 Å². The molecule has 0 radical (unpaired) electrons. The summed E-state index contributed by atoms with van der Waals surface area (Å²) in [6.45, 7) is 7.86. The molecule has 0 unspecified atom stereocenters. The summed E-state index contributed by atoms with van der Waals surface area (Å²) in [6, 6.07) is 0. The van der Waals surface area contributed by atoms with Crippen molar-refractivity contribution in [3.8, 4) is 0 Å². The van der Waals surface area contributed by atoms with Gasteiger partial charge in [0, 0.05) is 56.7 Å². The van der Waals surface area contributed by atoms with Crippen molar-refractivity contribution in [3.05, 3.63) is 33.1 Å². The first-order valence-electron chi connectivity index (χ1n) is 13.1. The van der Waals surface area contributed by atoms with E-state index >= 15 is 0 Å². The number of H-pyrrole nitrogens is 1. The Morgan fingerprint density at radius 3 is 2.35 bits per heavy atom. The Labute approximate surface area is 204 Å². The van der Waals surface area contributed by atoms with E-state index in [1.54, 1.807) is 14.2 Å². The molecule has 2 heterocycles. The van der Waals surface area contributed by atoms with Gasteiger partial charge in [-0.15, -0.1) is 0 Å². The summed E-state index contributed by atoms with van der Waals surface area (Å²) >= 11 is 0. The van der Waals surface area contributed by atoms with Crippen molar-refractivity contribution in [2.45, 2.75) is 78.6 Å². The average molecular weight is 471 g/mol. The Morgan fingerprint density at radius 1 is 1.03 bits per heavy atom. The number of allylic oxidation sites excluding steroid dienone is 1. The topological polar surface area (TPSA) is 71.6 Å². The molecule has 1 N–H and O–H groups in total. The fourth-order valence-corrected chi connectivity index (χ4v) is 5.64. The summed E-state index contributed by atoms with van der Waals surface area (Å²) in [6.07, 6.45) is 11.9. The minimum absolute atomic E-state index is 0.168. The molecule has 1 aliphatic heterocycles. The van der Waals surface area contributed by atoms with Crippen LogP contribution >= 0.6 is 0 Å². The van der Waals surface area contributed by atoms with Gasteiger partial charge in [-0.25, -0.2) is 0 Å². The fraction of sp³-hybridized carbons (Fsp3) is 0.643. The molecule has 3 aliphatic rings. The summed E-state index contributed by atoms with van der Waals surface area (Å²) in [4.78, 5) is 32.1. The van der Waals surface area contributed by atoms with Crippen LogP contribution in [0.1, 0.15) is 88.2 Å². The standard InChI is InChI=1S/C26H36N2O4.C2H6/c1-4-14-28-22-17-19-18-8-6-5-7-9-23(29)24(18)27-21(19)11-10-20(22)26(25(28)30,12-15-31-2)13-16-32-3;1-2/h11,17,27H,4-10,12-16H2,1-3H3;1-2H3. The number of nitrogens with zero attached hydrogens (tertiary/aromatic N) is 1. The predicted octanol–water partition coefficient (Wildman–Crippen LogP) is 3.87. The number of ether oxygens (including phenoxy) is 2. The lowest BCUT2D eigenvalue weighted by atomic mass is 9.74. The third kappa shape index (κ3) is 4.80. The maximum atomic E-state index is 13.9. The second kappa shape index (κ2) is 12.0. The van der Waals surface area contributed by atoms with Gasteiger partial charge in [-0.3, -0.25) is 9.59 Å². The van der Waals surface area contributed by atoms with Crippen LogP contribution in [0.5, 0.6) is 0 Å². The number of hydrogen-bond donors (Lipinski definition) is 1. The molecular formula is C28H42N2O4. The summed E-state index contributed by atoms with van der Waals surface area (Å²) in [5.74, 6) is 0.382. The second-order valence-corrected chi connectivity index (χ2v) is 9.23. The molecule has 188 valence electrons. The van der Waals surface area contributed by atoms with Crippen LogP contribution in [0.3, 0.4) is 0 Å². The Kier molecular flexibility index (Phi) is 9.31. The molecule has 0 saturated heterocycles. The van der Waals surface area contributed by atoms with Crippen molar-refractivity contribution >= 4 is 23.8 Å². The van der Waals surface area contributed by atoms with Crippen LogP contribution in [0.25, 0.3) is 12.2 Å². The molecule has 0 bridgehead atoms. The molecule has 0 aromatic carbocycles. The Bertz CT molecular complexity index is 1030. The number of Topliss-reactive ketones (excluding diaryl/α,β-unsaturated/α-hetero) is 1. The van der Waals surface area contributed by atoms with E-state index < -0.39 is 5.41 Å².